The van der Waals surface area contributed by atoms with E-state index in [2.05, 4.69) is 5.16 Å². The molecular weight excluding hydrogens is 242 g/mol. The molecule has 96 valence electrons. The van der Waals surface area contributed by atoms with Gasteiger partial charge < -0.3 is 10.3 Å². The highest BCUT2D eigenvalue weighted by atomic mass is 32.2. The van der Waals surface area contributed by atoms with E-state index in [0.29, 0.717) is 6.54 Å². The number of sulfonamides is 1. The van der Waals surface area contributed by atoms with E-state index in [0.717, 1.165) is 19.3 Å². The summed E-state index contributed by atoms with van der Waals surface area (Å²) in [6.07, 6.45) is 2.82. The van der Waals surface area contributed by atoms with Gasteiger partial charge in [-0.3, -0.25) is 0 Å². The third-order valence-electron chi connectivity index (χ3n) is 3.14. The van der Waals surface area contributed by atoms with Gasteiger partial charge in [0.25, 0.3) is 10.0 Å². The average molecular weight is 259 g/mol. The summed E-state index contributed by atoms with van der Waals surface area (Å²) in [5, 5.41) is 3.50. The Morgan fingerprint density at radius 1 is 1.47 bits per heavy atom. The molecule has 1 saturated heterocycles. The van der Waals surface area contributed by atoms with Crippen LogP contribution in [0.15, 0.2) is 9.42 Å². The number of anilines is 1. The molecule has 7 heteroatoms. The Bertz CT molecular complexity index is 489. The first kappa shape index (κ1) is 12.4. The fourth-order valence-corrected chi connectivity index (χ4v) is 4.13. The SMILES string of the molecule is Cc1onc(N)c1S(=O)(=O)N1CCCC[C@@H]1C. The summed E-state index contributed by atoms with van der Waals surface area (Å²) >= 11 is 0. The lowest BCUT2D eigenvalue weighted by Gasteiger charge is -2.31. The van der Waals surface area contributed by atoms with Crippen LogP contribution < -0.4 is 5.73 Å². The zero-order chi connectivity index (χ0) is 12.6. The summed E-state index contributed by atoms with van der Waals surface area (Å²) in [7, 11) is -3.58. The Kier molecular flexibility index (Phi) is 3.13. The van der Waals surface area contributed by atoms with E-state index in [1.807, 2.05) is 6.92 Å². The molecule has 17 heavy (non-hydrogen) atoms. The Balaban J connectivity index is 2.42. The van der Waals surface area contributed by atoms with Gasteiger partial charge in [-0.05, 0) is 26.7 Å². The van der Waals surface area contributed by atoms with Crippen molar-refractivity contribution < 1.29 is 12.9 Å². The summed E-state index contributed by atoms with van der Waals surface area (Å²) in [5.41, 5.74) is 5.57. The number of hydrogen-bond acceptors (Lipinski definition) is 5. The quantitative estimate of drug-likeness (QED) is 0.859. The average Bonchev–Trinajstić information content (AvgIpc) is 2.59. The molecule has 1 aromatic heterocycles. The van der Waals surface area contributed by atoms with Gasteiger partial charge >= 0.3 is 0 Å². The van der Waals surface area contributed by atoms with Crippen LogP contribution >= 0.6 is 0 Å². The lowest BCUT2D eigenvalue weighted by atomic mass is 10.1. The van der Waals surface area contributed by atoms with Crippen LogP contribution in [0.3, 0.4) is 0 Å². The van der Waals surface area contributed by atoms with Crippen molar-refractivity contribution in [3.63, 3.8) is 0 Å². The van der Waals surface area contributed by atoms with Crippen LogP contribution in [0.2, 0.25) is 0 Å². The van der Waals surface area contributed by atoms with Crippen LogP contribution in [0.1, 0.15) is 31.9 Å². The number of rotatable bonds is 2. The molecule has 1 atom stereocenters. The molecule has 0 amide bonds. The molecule has 2 rings (SSSR count). The van der Waals surface area contributed by atoms with Crippen LogP contribution in [0.25, 0.3) is 0 Å². The van der Waals surface area contributed by atoms with E-state index in [-0.39, 0.29) is 22.5 Å². The standard InChI is InChI=1S/C10H17N3O3S/c1-7-5-3-4-6-13(7)17(14,15)9-8(2)16-12-10(9)11/h7H,3-6H2,1-2H3,(H2,11,12)/t7-/m0/s1. The molecule has 1 aromatic rings. The zero-order valence-corrected chi connectivity index (χ0v) is 10.8. The lowest BCUT2D eigenvalue weighted by Crippen LogP contribution is -2.42. The molecule has 0 saturated carbocycles. The van der Waals surface area contributed by atoms with Crippen molar-refractivity contribution in [3.05, 3.63) is 5.76 Å². The van der Waals surface area contributed by atoms with Gasteiger partial charge in [0.1, 0.15) is 0 Å². The Morgan fingerprint density at radius 3 is 2.71 bits per heavy atom. The van der Waals surface area contributed by atoms with E-state index in [1.165, 1.54) is 4.31 Å². The molecule has 2 heterocycles. The van der Waals surface area contributed by atoms with Gasteiger partial charge in [0.05, 0.1) is 0 Å². The molecule has 2 N–H and O–H groups in total. The molecule has 0 bridgehead atoms. The molecular formula is C10H17N3O3S. The van der Waals surface area contributed by atoms with Gasteiger partial charge in [-0.1, -0.05) is 11.6 Å². The lowest BCUT2D eigenvalue weighted by molar-refractivity contribution is 0.268. The maximum Gasteiger partial charge on any atom is 0.250 e. The van der Waals surface area contributed by atoms with Crippen LogP contribution in [0, 0.1) is 6.92 Å². The second-order valence-electron chi connectivity index (χ2n) is 4.41. The van der Waals surface area contributed by atoms with E-state index in [9.17, 15) is 8.42 Å². The molecule has 0 spiro atoms. The highest BCUT2D eigenvalue weighted by Crippen LogP contribution is 2.29. The third kappa shape index (κ3) is 2.04. The zero-order valence-electron chi connectivity index (χ0n) is 10.0. The van der Waals surface area contributed by atoms with Crippen molar-refractivity contribution in [3.8, 4) is 0 Å². The van der Waals surface area contributed by atoms with Gasteiger partial charge in [0, 0.05) is 12.6 Å². The Hall–Kier alpha value is -1.08. The van der Waals surface area contributed by atoms with Gasteiger partial charge in [0.2, 0.25) is 0 Å². The molecule has 0 aromatic carbocycles. The van der Waals surface area contributed by atoms with Crippen LogP contribution in [-0.4, -0.2) is 30.5 Å². The first-order valence-corrected chi connectivity index (χ1v) is 7.12. The maximum atomic E-state index is 12.4. The number of nitrogen functional groups attached to an aromatic ring is 1. The van der Waals surface area contributed by atoms with Crippen LogP contribution in [0.4, 0.5) is 5.82 Å². The molecule has 0 unspecified atom stereocenters. The van der Waals surface area contributed by atoms with Gasteiger partial charge in [-0.2, -0.15) is 4.31 Å². The highest BCUT2D eigenvalue weighted by Gasteiger charge is 2.35. The van der Waals surface area contributed by atoms with Gasteiger partial charge in [-0.25, -0.2) is 8.42 Å². The first-order valence-electron chi connectivity index (χ1n) is 5.68. The van der Waals surface area contributed by atoms with E-state index in [4.69, 9.17) is 10.3 Å². The normalized spacial score (nSPS) is 22.8. The topological polar surface area (TPSA) is 89.4 Å². The van der Waals surface area contributed by atoms with Crippen molar-refractivity contribution in [1.82, 2.24) is 9.46 Å². The Morgan fingerprint density at radius 2 is 2.18 bits per heavy atom. The fraction of sp³-hybridized carbons (Fsp3) is 0.700. The predicted octanol–water partition coefficient (Wildman–Crippen LogP) is 1.13. The molecule has 1 aliphatic rings. The summed E-state index contributed by atoms with van der Waals surface area (Å²) in [6.45, 7) is 4.01. The third-order valence-corrected chi connectivity index (χ3v) is 5.31. The summed E-state index contributed by atoms with van der Waals surface area (Å²) in [4.78, 5) is 0.0197. The van der Waals surface area contributed by atoms with Crippen molar-refractivity contribution in [2.45, 2.75) is 44.0 Å². The number of aryl methyl sites for hydroxylation is 1. The first-order chi connectivity index (χ1) is 7.94. The number of aromatic nitrogens is 1. The fourth-order valence-electron chi connectivity index (χ4n) is 2.24. The second-order valence-corrected chi connectivity index (χ2v) is 6.24. The second kappa shape index (κ2) is 4.30. The minimum Gasteiger partial charge on any atom is -0.380 e. The molecule has 1 fully saturated rings. The largest absolute Gasteiger partial charge is 0.380 e. The van der Waals surface area contributed by atoms with Crippen molar-refractivity contribution in [2.75, 3.05) is 12.3 Å². The van der Waals surface area contributed by atoms with Crippen LogP contribution in [-0.2, 0) is 10.0 Å². The van der Waals surface area contributed by atoms with Crippen molar-refractivity contribution >= 4 is 15.8 Å². The smallest absolute Gasteiger partial charge is 0.250 e. The van der Waals surface area contributed by atoms with E-state index in [1.54, 1.807) is 6.92 Å². The summed E-state index contributed by atoms with van der Waals surface area (Å²) < 4.78 is 31.2. The van der Waals surface area contributed by atoms with Gasteiger partial charge in [0.15, 0.2) is 16.5 Å². The summed E-state index contributed by atoms with van der Waals surface area (Å²) in [5.74, 6) is 0.195. The maximum absolute atomic E-state index is 12.4. The number of nitrogens with two attached hydrogens (primary N) is 1. The predicted molar refractivity (Wildman–Crippen MR) is 62.9 cm³/mol. The summed E-state index contributed by atoms with van der Waals surface area (Å²) in [6, 6.07) is 0.00227. The molecule has 0 aliphatic carbocycles. The highest BCUT2D eigenvalue weighted by molar-refractivity contribution is 7.89. The van der Waals surface area contributed by atoms with E-state index >= 15 is 0 Å². The van der Waals surface area contributed by atoms with Crippen molar-refractivity contribution in [1.29, 1.82) is 0 Å². The number of piperidine rings is 1. The molecule has 1 aliphatic heterocycles. The van der Waals surface area contributed by atoms with E-state index < -0.39 is 10.0 Å². The number of hydrogen-bond donors (Lipinski definition) is 1. The minimum absolute atomic E-state index is 0.00227. The molecule has 6 nitrogen and oxygen atoms in total. The monoisotopic (exact) mass is 259 g/mol. The minimum atomic E-state index is -3.58. The van der Waals surface area contributed by atoms with Crippen LogP contribution in [0.5, 0.6) is 0 Å². The van der Waals surface area contributed by atoms with Crippen molar-refractivity contribution in [2.24, 2.45) is 0 Å². The Labute approximate surface area is 101 Å². The molecule has 0 radical (unpaired) electrons. The van der Waals surface area contributed by atoms with Gasteiger partial charge in [-0.15, -0.1) is 0 Å². The number of nitrogens with zero attached hydrogens (tertiary/aromatic N) is 2.